The standard InChI is InChI=1S/C19H26N2O2/c1-3-20(17-11-7-4-8-14(17)2)19(23)15-12-18(22)21(13-15)16-9-5-6-10-16/h4,7-8,11,15-16H,3,5-6,9-10,12-13H2,1-2H3/t15-/m0/s1. The number of likely N-dealkylation sites (tertiary alicyclic amines) is 1. The summed E-state index contributed by atoms with van der Waals surface area (Å²) in [5.41, 5.74) is 2.06. The molecular formula is C19H26N2O2. The van der Waals surface area contributed by atoms with Crippen molar-refractivity contribution in [2.75, 3.05) is 18.0 Å². The lowest BCUT2D eigenvalue weighted by atomic mass is 10.1. The molecule has 0 N–H and O–H groups in total. The number of amides is 2. The number of nitrogens with zero attached hydrogens (tertiary/aromatic N) is 2. The van der Waals surface area contributed by atoms with Crippen LogP contribution < -0.4 is 4.90 Å². The van der Waals surface area contributed by atoms with E-state index in [1.807, 2.05) is 47.9 Å². The smallest absolute Gasteiger partial charge is 0.232 e. The first-order chi connectivity index (χ1) is 11.1. The predicted molar refractivity (Wildman–Crippen MR) is 91.3 cm³/mol. The van der Waals surface area contributed by atoms with E-state index in [2.05, 4.69) is 0 Å². The van der Waals surface area contributed by atoms with E-state index < -0.39 is 0 Å². The Labute approximate surface area is 138 Å². The van der Waals surface area contributed by atoms with Crippen molar-refractivity contribution in [3.05, 3.63) is 29.8 Å². The first kappa shape index (κ1) is 16.0. The Morgan fingerprint density at radius 3 is 2.61 bits per heavy atom. The molecule has 1 aromatic rings. The molecule has 1 aromatic carbocycles. The summed E-state index contributed by atoms with van der Waals surface area (Å²) in [6.45, 7) is 5.26. The van der Waals surface area contributed by atoms with Gasteiger partial charge in [-0.25, -0.2) is 0 Å². The molecule has 124 valence electrons. The third kappa shape index (κ3) is 3.12. The molecule has 1 aliphatic carbocycles. The largest absolute Gasteiger partial charge is 0.339 e. The summed E-state index contributed by atoms with van der Waals surface area (Å²) in [7, 11) is 0. The number of anilines is 1. The van der Waals surface area contributed by atoms with Crippen LogP contribution in [-0.2, 0) is 9.59 Å². The number of para-hydroxylation sites is 1. The Kier molecular flexibility index (Phi) is 4.69. The first-order valence-electron chi connectivity index (χ1n) is 8.78. The Balaban J connectivity index is 1.74. The number of hydrogen-bond donors (Lipinski definition) is 0. The maximum absolute atomic E-state index is 13.0. The Hall–Kier alpha value is -1.84. The maximum atomic E-state index is 13.0. The molecule has 0 radical (unpaired) electrons. The van der Waals surface area contributed by atoms with Crippen LogP contribution in [0.2, 0.25) is 0 Å². The quantitative estimate of drug-likeness (QED) is 0.856. The summed E-state index contributed by atoms with van der Waals surface area (Å²) in [5, 5.41) is 0. The molecule has 1 saturated heterocycles. The van der Waals surface area contributed by atoms with Crippen LogP contribution in [0, 0.1) is 12.8 Å². The van der Waals surface area contributed by atoms with E-state index in [1.54, 1.807) is 0 Å². The highest BCUT2D eigenvalue weighted by Crippen LogP contribution is 2.31. The molecule has 1 heterocycles. The van der Waals surface area contributed by atoms with Crippen molar-refractivity contribution in [2.45, 2.75) is 52.0 Å². The highest BCUT2D eigenvalue weighted by Gasteiger charge is 2.40. The van der Waals surface area contributed by atoms with Gasteiger partial charge in [-0.3, -0.25) is 9.59 Å². The average molecular weight is 314 g/mol. The Bertz CT molecular complexity index is 593. The first-order valence-corrected chi connectivity index (χ1v) is 8.78. The molecule has 1 aliphatic heterocycles. The van der Waals surface area contributed by atoms with Crippen LogP contribution in [0.3, 0.4) is 0 Å². The van der Waals surface area contributed by atoms with Crippen molar-refractivity contribution in [1.82, 2.24) is 4.90 Å². The van der Waals surface area contributed by atoms with Gasteiger partial charge in [-0.2, -0.15) is 0 Å². The van der Waals surface area contributed by atoms with Gasteiger partial charge in [0.25, 0.3) is 0 Å². The summed E-state index contributed by atoms with van der Waals surface area (Å²) in [5.74, 6) is 0.0642. The van der Waals surface area contributed by atoms with Crippen LogP contribution >= 0.6 is 0 Å². The van der Waals surface area contributed by atoms with Crippen molar-refractivity contribution in [1.29, 1.82) is 0 Å². The molecule has 1 atom stereocenters. The second kappa shape index (κ2) is 6.73. The molecule has 23 heavy (non-hydrogen) atoms. The fourth-order valence-electron chi connectivity index (χ4n) is 4.00. The highest BCUT2D eigenvalue weighted by atomic mass is 16.2. The summed E-state index contributed by atoms with van der Waals surface area (Å²) >= 11 is 0. The summed E-state index contributed by atoms with van der Waals surface area (Å²) in [4.78, 5) is 29.1. The molecule has 1 saturated carbocycles. The number of rotatable bonds is 4. The van der Waals surface area contributed by atoms with Crippen LogP contribution in [0.4, 0.5) is 5.69 Å². The second-order valence-electron chi connectivity index (χ2n) is 6.75. The van der Waals surface area contributed by atoms with Gasteiger partial charge in [-0.15, -0.1) is 0 Å². The van der Waals surface area contributed by atoms with Crippen molar-refractivity contribution in [3.8, 4) is 0 Å². The molecule has 3 rings (SSSR count). The van der Waals surface area contributed by atoms with E-state index >= 15 is 0 Å². The SMILES string of the molecule is CCN(C(=O)[C@H]1CC(=O)N(C2CCCC2)C1)c1ccccc1C. The summed E-state index contributed by atoms with van der Waals surface area (Å²) in [6, 6.07) is 8.33. The summed E-state index contributed by atoms with van der Waals surface area (Å²) in [6.07, 6.45) is 4.98. The number of aryl methyl sites for hydroxylation is 1. The molecule has 2 amide bonds. The van der Waals surface area contributed by atoms with E-state index in [4.69, 9.17) is 0 Å². The fraction of sp³-hybridized carbons (Fsp3) is 0.579. The molecule has 0 unspecified atom stereocenters. The highest BCUT2D eigenvalue weighted by molar-refractivity contribution is 5.99. The molecular weight excluding hydrogens is 288 g/mol. The lowest BCUT2D eigenvalue weighted by Gasteiger charge is -2.27. The number of carbonyl (C=O) groups is 2. The second-order valence-corrected chi connectivity index (χ2v) is 6.75. The van der Waals surface area contributed by atoms with Gasteiger partial charge in [0.1, 0.15) is 0 Å². The minimum Gasteiger partial charge on any atom is -0.339 e. The average Bonchev–Trinajstić information content (AvgIpc) is 3.19. The van der Waals surface area contributed by atoms with Crippen LogP contribution in [0.5, 0.6) is 0 Å². The summed E-state index contributed by atoms with van der Waals surface area (Å²) < 4.78 is 0. The molecule has 4 nitrogen and oxygen atoms in total. The van der Waals surface area contributed by atoms with E-state index in [-0.39, 0.29) is 17.7 Å². The van der Waals surface area contributed by atoms with E-state index in [1.165, 1.54) is 12.8 Å². The fourth-order valence-corrected chi connectivity index (χ4v) is 4.00. The normalized spacial score (nSPS) is 21.9. The third-order valence-electron chi connectivity index (χ3n) is 5.26. The lowest BCUT2D eigenvalue weighted by Crippen LogP contribution is -2.39. The van der Waals surface area contributed by atoms with Crippen LogP contribution in [-0.4, -0.2) is 35.8 Å². The van der Waals surface area contributed by atoms with E-state index in [9.17, 15) is 9.59 Å². The molecule has 2 fully saturated rings. The van der Waals surface area contributed by atoms with Gasteiger partial charge in [0, 0.05) is 31.2 Å². The zero-order chi connectivity index (χ0) is 16.4. The van der Waals surface area contributed by atoms with Crippen molar-refractivity contribution in [3.63, 3.8) is 0 Å². The third-order valence-corrected chi connectivity index (χ3v) is 5.26. The minimum atomic E-state index is -0.192. The maximum Gasteiger partial charge on any atom is 0.232 e. The van der Waals surface area contributed by atoms with Gasteiger partial charge >= 0.3 is 0 Å². The topological polar surface area (TPSA) is 40.6 Å². The van der Waals surface area contributed by atoms with E-state index in [0.717, 1.165) is 24.1 Å². The Morgan fingerprint density at radius 1 is 1.26 bits per heavy atom. The van der Waals surface area contributed by atoms with Gasteiger partial charge in [0.15, 0.2) is 0 Å². The molecule has 4 heteroatoms. The Morgan fingerprint density at radius 2 is 1.96 bits per heavy atom. The van der Waals surface area contributed by atoms with E-state index in [0.29, 0.717) is 25.6 Å². The molecule has 2 aliphatic rings. The van der Waals surface area contributed by atoms with Gasteiger partial charge in [-0.05, 0) is 38.3 Å². The zero-order valence-electron chi connectivity index (χ0n) is 14.1. The number of hydrogen-bond acceptors (Lipinski definition) is 2. The van der Waals surface area contributed by atoms with Crippen LogP contribution in [0.25, 0.3) is 0 Å². The van der Waals surface area contributed by atoms with Crippen molar-refractivity contribution in [2.24, 2.45) is 5.92 Å². The van der Waals surface area contributed by atoms with Crippen molar-refractivity contribution >= 4 is 17.5 Å². The van der Waals surface area contributed by atoms with Crippen LogP contribution in [0.15, 0.2) is 24.3 Å². The molecule has 0 bridgehead atoms. The van der Waals surface area contributed by atoms with Gasteiger partial charge in [0.2, 0.25) is 11.8 Å². The van der Waals surface area contributed by atoms with Gasteiger partial charge < -0.3 is 9.80 Å². The monoisotopic (exact) mass is 314 g/mol. The molecule has 0 spiro atoms. The minimum absolute atomic E-state index is 0.0932. The number of carbonyl (C=O) groups excluding carboxylic acids is 2. The number of benzene rings is 1. The van der Waals surface area contributed by atoms with Gasteiger partial charge in [0.05, 0.1) is 5.92 Å². The van der Waals surface area contributed by atoms with Gasteiger partial charge in [-0.1, -0.05) is 31.0 Å². The molecule has 0 aromatic heterocycles. The zero-order valence-corrected chi connectivity index (χ0v) is 14.1. The van der Waals surface area contributed by atoms with Crippen LogP contribution in [0.1, 0.15) is 44.6 Å². The predicted octanol–water partition coefficient (Wildman–Crippen LogP) is 3.14. The van der Waals surface area contributed by atoms with Crippen molar-refractivity contribution < 1.29 is 9.59 Å². The lowest BCUT2D eigenvalue weighted by molar-refractivity contribution is -0.130.